The molecule has 0 heterocycles. The largest absolute Gasteiger partial charge is 0.354 e. The highest BCUT2D eigenvalue weighted by atomic mass is 19.1. The summed E-state index contributed by atoms with van der Waals surface area (Å²) in [6, 6.07) is 4.35. The highest BCUT2D eigenvalue weighted by Crippen LogP contribution is 2.17. The van der Waals surface area contributed by atoms with Gasteiger partial charge in [0.1, 0.15) is 5.82 Å². The average molecular weight is 294 g/mol. The molecule has 2 N–H and O–H groups in total. The monoisotopic (exact) mass is 294 g/mol. The second kappa shape index (κ2) is 7.20. The van der Waals surface area contributed by atoms with Crippen molar-refractivity contribution in [2.45, 2.75) is 34.1 Å². The molecule has 5 heteroatoms. The maximum atomic E-state index is 13.4. The molecule has 1 aromatic rings. The van der Waals surface area contributed by atoms with E-state index >= 15 is 0 Å². The SMILES string of the molecule is Cc1ccc(C(=O)NCCNC(=O)CC(C)(C)C)cc1F. The van der Waals surface area contributed by atoms with Gasteiger partial charge in [0.05, 0.1) is 0 Å². The lowest BCUT2D eigenvalue weighted by molar-refractivity contribution is -0.122. The molecule has 0 saturated heterocycles. The van der Waals surface area contributed by atoms with Crippen molar-refractivity contribution in [1.82, 2.24) is 10.6 Å². The van der Waals surface area contributed by atoms with Crippen molar-refractivity contribution >= 4 is 11.8 Å². The Bertz CT molecular complexity index is 521. The summed E-state index contributed by atoms with van der Waals surface area (Å²) in [7, 11) is 0. The summed E-state index contributed by atoms with van der Waals surface area (Å²) < 4.78 is 13.4. The van der Waals surface area contributed by atoms with Crippen LogP contribution in [0.3, 0.4) is 0 Å². The van der Waals surface area contributed by atoms with Gasteiger partial charge < -0.3 is 10.6 Å². The zero-order valence-corrected chi connectivity index (χ0v) is 13.0. The van der Waals surface area contributed by atoms with Crippen molar-refractivity contribution < 1.29 is 14.0 Å². The third kappa shape index (κ3) is 6.38. The average Bonchev–Trinajstić information content (AvgIpc) is 2.35. The minimum Gasteiger partial charge on any atom is -0.354 e. The number of carbonyl (C=O) groups is 2. The molecule has 0 fully saturated rings. The van der Waals surface area contributed by atoms with Crippen LogP contribution in [0.25, 0.3) is 0 Å². The number of amides is 2. The first-order valence-electron chi connectivity index (χ1n) is 7.00. The summed E-state index contributed by atoms with van der Waals surface area (Å²) in [4.78, 5) is 23.4. The second-order valence-corrected chi connectivity index (χ2v) is 6.31. The van der Waals surface area contributed by atoms with E-state index in [9.17, 15) is 14.0 Å². The Morgan fingerprint density at radius 2 is 1.76 bits per heavy atom. The molecule has 0 aliphatic rings. The van der Waals surface area contributed by atoms with E-state index in [0.29, 0.717) is 25.1 Å². The van der Waals surface area contributed by atoms with Gasteiger partial charge in [0.25, 0.3) is 5.91 Å². The number of hydrogen-bond donors (Lipinski definition) is 2. The smallest absolute Gasteiger partial charge is 0.251 e. The van der Waals surface area contributed by atoms with Gasteiger partial charge in [-0.3, -0.25) is 9.59 Å². The predicted molar refractivity (Wildman–Crippen MR) is 80.6 cm³/mol. The minimum absolute atomic E-state index is 0.0434. The zero-order valence-electron chi connectivity index (χ0n) is 13.0. The van der Waals surface area contributed by atoms with Crippen LogP contribution in [0.5, 0.6) is 0 Å². The number of aryl methyl sites for hydroxylation is 1. The molecule has 2 amide bonds. The molecule has 0 unspecified atom stereocenters. The van der Waals surface area contributed by atoms with Gasteiger partial charge in [0, 0.05) is 25.1 Å². The van der Waals surface area contributed by atoms with E-state index in [-0.39, 0.29) is 22.8 Å². The lowest BCUT2D eigenvalue weighted by Crippen LogP contribution is -2.36. The van der Waals surface area contributed by atoms with Crippen molar-refractivity contribution in [3.8, 4) is 0 Å². The first kappa shape index (κ1) is 17.1. The molecular weight excluding hydrogens is 271 g/mol. The number of benzene rings is 1. The molecule has 0 aliphatic carbocycles. The highest BCUT2D eigenvalue weighted by molar-refractivity contribution is 5.94. The lowest BCUT2D eigenvalue weighted by Gasteiger charge is -2.17. The fourth-order valence-electron chi connectivity index (χ4n) is 1.76. The zero-order chi connectivity index (χ0) is 16.0. The van der Waals surface area contributed by atoms with E-state index in [0.717, 1.165) is 0 Å². The molecule has 0 bridgehead atoms. The molecule has 0 radical (unpaired) electrons. The molecule has 1 aromatic carbocycles. The Morgan fingerprint density at radius 3 is 2.33 bits per heavy atom. The third-order valence-electron chi connectivity index (χ3n) is 2.86. The van der Waals surface area contributed by atoms with E-state index in [1.54, 1.807) is 19.1 Å². The van der Waals surface area contributed by atoms with Crippen molar-refractivity contribution in [2.24, 2.45) is 5.41 Å². The molecule has 1 rings (SSSR count). The summed E-state index contributed by atoms with van der Waals surface area (Å²) >= 11 is 0. The maximum Gasteiger partial charge on any atom is 0.251 e. The van der Waals surface area contributed by atoms with Crippen molar-refractivity contribution in [3.05, 3.63) is 35.1 Å². The number of carbonyl (C=O) groups excluding carboxylic acids is 2. The van der Waals surface area contributed by atoms with Crippen LogP contribution in [0, 0.1) is 18.2 Å². The topological polar surface area (TPSA) is 58.2 Å². The van der Waals surface area contributed by atoms with E-state index in [1.165, 1.54) is 6.07 Å². The van der Waals surface area contributed by atoms with E-state index in [4.69, 9.17) is 0 Å². The van der Waals surface area contributed by atoms with Gasteiger partial charge in [0.15, 0.2) is 0 Å². The van der Waals surface area contributed by atoms with Gasteiger partial charge in [-0.25, -0.2) is 4.39 Å². The standard InChI is InChI=1S/C16H23FN2O2/c1-11-5-6-12(9-13(11)17)15(21)19-8-7-18-14(20)10-16(2,3)4/h5-6,9H,7-8,10H2,1-4H3,(H,18,20)(H,19,21). The lowest BCUT2D eigenvalue weighted by atomic mass is 9.92. The molecule has 0 atom stereocenters. The Labute approximate surface area is 125 Å². The number of hydrogen-bond acceptors (Lipinski definition) is 2. The van der Waals surface area contributed by atoms with Gasteiger partial charge in [0.2, 0.25) is 5.91 Å². The van der Waals surface area contributed by atoms with Gasteiger partial charge >= 0.3 is 0 Å². The van der Waals surface area contributed by atoms with Gasteiger partial charge in [-0.05, 0) is 30.0 Å². The van der Waals surface area contributed by atoms with Gasteiger partial charge in [-0.15, -0.1) is 0 Å². The van der Waals surface area contributed by atoms with Gasteiger partial charge in [-0.2, -0.15) is 0 Å². The van der Waals surface area contributed by atoms with Crippen LogP contribution < -0.4 is 10.6 Å². The summed E-state index contributed by atoms with van der Waals surface area (Å²) in [5, 5.41) is 5.38. The van der Waals surface area contributed by atoms with Crippen LogP contribution in [0.4, 0.5) is 4.39 Å². The molecule has 0 aromatic heterocycles. The minimum atomic E-state index is -0.402. The van der Waals surface area contributed by atoms with Crippen LogP contribution in [0.2, 0.25) is 0 Å². The van der Waals surface area contributed by atoms with E-state index < -0.39 is 5.82 Å². The Balaban J connectivity index is 2.34. The van der Waals surface area contributed by atoms with Crippen LogP contribution in [0.1, 0.15) is 43.1 Å². The van der Waals surface area contributed by atoms with Crippen molar-refractivity contribution in [2.75, 3.05) is 13.1 Å². The molecule has 21 heavy (non-hydrogen) atoms. The molecule has 116 valence electrons. The van der Waals surface area contributed by atoms with E-state index in [1.807, 2.05) is 20.8 Å². The molecule has 0 spiro atoms. The quantitative estimate of drug-likeness (QED) is 0.819. The fourth-order valence-corrected chi connectivity index (χ4v) is 1.76. The van der Waals surface area contributed by atoms with Crippen LogP contribution in [-0.4, -0.2) is 24.9 Å². The Morgan fingerprint density at radius 1 is 1.14 bits per heavy atom. The van der Waals surface area contributed by atoms with Crippen LogP contribution >= 0.6 is 0 Å². The van der Waals surface area contributed by atoms with Crippen molar-refractivity contribution in [3.63, 3.8) is 0 Å². The number of halogens is 1. The number of rotatable bonds is 5. The van der Waals surface area contributed by atoms with Crippen molar-refractivity contribution in [1.29, 1.82) is 0 Å². The number of nitrogens with one attached hydrogen (secondary N) is 2. The molecule has 0 saturated carbocycles. The molecule has 4 nitrogen and oxygen atoms in total. The Kier molecular flexibility index (Phi) is 5.88. The second-order valence-electron chi connectivity index (χ2n) is 6.31. The Hall–Kier alpha value is -1.91. The molecule has 0 aliphatic heterocycles. The third-order valence-corrected chi connectivity index (χ3v) is 2.86. The summed E-state index contributed by atoms with van der Waals surface area (Å²) in [6.45, 7) is 8.27. The first-order valence-corrected chi connectivity index (χ1v) is 7.00. The normalized spacial score (nSPS) is 11.1. The first-order chi connectivity index (χ1) is 9.69. The van der Waals surface area contributed by atoms with Crippen LogP contribution in [-0.2, 0) is 4.79 Å². The highest BCUT2D eigenvalue weighted by Gasteiger charge is 2.15. The molecular formula is C16H23FN2O2. The van der Waals surface area contributed by atoms with Gasteiger partial charge in [-0.1, -0.05) is 26.8 Å². The summed E-state index contributed by atoms with van der Waals surface area (Å²) in [6.07, 6.45) is 0.435. The summed E-state index contributed by atoms with van der Waals surface area (Å²) in [5.74, 6) is -0.793. The maximum absolute atomic E-state index is 13.4. The fraction of sp³-hybridized carbons (Fsp3) is 0.500. The van der Waals surface area contributed by atoms with Crippen LogP contribution in [0.15, 0.2) is 18.2 Å². The predicted octanol–water partition coefficient (Wildman–Crippen LogP) is 2.42. The summed E-state index contributed by atoms with van der Waals surface area (Å²) in [5.41, 5.74) is 0.715. The van der Waals surface area contributed by atoms with E-state index in [2.05, 4.69) is 10.6 Å².